The lowest BCUT2D eigenvalue weighted by Gasteiger charge is -2.35. The van der Waals surface area contributed by atoms with Crippen LogP contribution >= 0.6 is 12.2 Å². The summed E-state index contributed by atoms with van der Waals surface area (Å²) in [6, 6.07) is 0. The normalized spacial score (nSPS) is 26.1. The van der Waals surface area contributed by atoms with E-state index in [0.717, 1.165) is 42.5 Å². The molecule has 0 amide bonds. The molecule has 2 aliphatic carbocycles. The van der Waals surface area contributed by atoms with E-state index in [1.54, 1.807) is 0 Å². The van der Waals surface area contributed by atoms with Crippen molar-refractivity contribution in [3.8, 4) is 0 Å². The third-order valence-corrected chi connectivity index (χ3v) is 3.57. The fourth-order valence-electron chi connectivity index (χ4n) is 2.36. The molecule has 0 radical (unpaired) electrons. The van der Waals surface area contributed by atoms with Crippen LogP contribution in [0.2, 0.25) is 0 Å². The Hall–Kier alpha value is -0.470. The summed E-state index contributed by atoms with van der Waals surface area (Å²) >= 11 is 5.30. The highest BCUT2D eigenvalue weighted by molar-refractivity contribution is 7.80. The summed E-state index contributed by atoms with van der Waals surface area (Å²) in [7, 11) is 0. The van der Waals surface area contributed by atoms with Gasteiger partial charge in [0.2, 0.25) is 0 Å². The maximum Gasteiger partial charge on any atom is 0.0907 e. The second-order valence-electron chi connectivity index (χ2n) is 4.23. The minimum atomic E-state index is -0.611. The molecule has 2 heteroatoms. The van der Waals surface area contributed by atoms with Gasteiger partial charge in [-0.15, -0.1) is 0 Å². The van der Waals surface area contributed by atoms with E-state index in [-0.39, 0.29) is 0 Å². The number of allylic oxidation sites excluding steroid dienone is 3. The van der Waals surface area contributed by atoms with Crippen molar-refractivity contribution < 1.29 is 5.11 Å². The lowest BCUT2D eigenvalue weighted by atomic mass is 9.76. The summed E-state index contributed by atoms with van der Waals surface area (Å²) in [6.45, 7) is 0. The first-order valence-electron chi connectivity index (χ1n) is 5.35. The van der Waals surface area contributed by atoms with Crippen molar-refractivity contribution in [3.05, 3.63) is 23.8 Å². The predicted molar refractivity (Wildman–Crippen MR) is 62.5 cm³/mol. The Morgan fingerprint density at radius 1 is 1.21 bits per heavy atom. The first-order valence-corrected chi connectivity index (χ1v) is 5.76. The van der Waals surface area contributed by atoms with E-state index < -0.39 is 5.60 Å². The number of hydrogen-bond acceptors (Lipinski definition) is 2. The molecule has 76 valence electrons. The predicted octanol–water partition coefficient (Wildman–Crippen LogP) is 2.94. The highest BCUT2D eigenvalue weighted by atomic mass is 32.1. The molecule has 1 nitrogen and oxygen atoms in total. The van der Waals surface area contributed by atoms with Crippen LogP contribution in [-0.2, 0) is 0 Å². The van der Waals surface area contributed by atoms with Crippen LogP contribution in [0.4, 0.5) is 0 Å². The van der Waals surface area contributed by atoms with Crippen LogP contribution in [0, 0.1) is 0 Å². The molecule has 1 N–H and O–H groups in total. The van der Waals surface area contributed by atoms with Gasteiger partial charge in [0.1, 0.15) is 0 Å². The first kappa shape index (κ1) is 10.1. The van der Waals surface area contributed by atoms with Gasteiger partial charge in [-0.1, -0.05) is 49.7 Å². The van der Waals surface area contributed by atoms with E-state index in [1.165, 1.54) is 6.42 Å². The largest absolute Gasteiger partial charge is 0.385 e. The number of aliphatic hydroxyl groups is 1. The smallest absolute Gasteiger partial charge is 0.0907 e. The molecule has 14 heavy (non-hydrogen) atoms. The van der Waals surface area contributed by atoms with Gasteiger partial charge in [0, 0.05) is 11.3 Å². The highest BCUT2D eigenvalue weighted by Crippen LogP contribution is 2.36. The van der Waals surface area contributed by atoms with Crippen molar-refractivity contribution in [2.75, 3.05) is 0 Å². The minimum absolute atomic E-state index is 0.611. The average molecular weight is 208 g/mol. The zero-order valence-electron chi connectivity index (χ0n) is 8.33. The molecule has 0 bridgehead atoms. The molecule has 0 unspecified atom stereocenters. The summed E-state index contributed by atoms with van der Waals surface area (Å²) in [6.07, 6.45) is 12.1. The van der Waals surface area contributed by atoms with Crippen LogP contribution in [0.1, 0.15) is 38.5 Å². The second-order valence-corrected chi connectivity index (χ2v) is 4.72. The molecule has 0 aromatic heterocycles. The van der Waals surface area contributed by atoms with Crippen LogP contribution < -0.4 is 0 Å². The van der Waals surface area contributed by atoms with Crippen LogP contribution in [0.15, 0.2) is 23.8 Å². The fraction of sp³-hybridized carbons (Fsp3) is 0.583. The summed E-state index contributed by atoms with van der Waals surface area (Å²) in [5, 5.41) is 10.5. The maximum absolute atomic E-state index is 10.5. The van der Waals surface area contributed by atoms with E-state index in [4.69, 9.17) is 12.2 Å². The lowest BCUT2D eigenvalue weighted by molar-refractivity contribution is 0.0452. The van der Waals surface area contributed by atoms with Gasteiger partial charge in [0.05, 0.1) is 5.60 Å². The Morgan fingerprint density at radius 2 is 1.93 bits per heavy atom. The van der Waals surface area contributed by atoms with Crippen molar-refractivity contribution in [3.63, 3.8) is 0 Å². The number of hydrogen-bond donors (Lipinski definition) is 1. The SMILES string of the molecule is OC1(C2=CC=CCC2=S)CCCCC1. The molecule has 2 aliphatic rings. The minimum Gasteiger partial charge on any atom is -0.385 e. The molecule has 0 aromatic carbocycles. The van der Waals surface area contributed by atoms with Crippen LogP contribution in [0.25, 0.3) is 0 Å². The topological polar surface area (TPSA) is 20.2 Å². The van der Waals surface area contributed by atoms with Crippen molar-refractivity contribution in [1.82, 2.24) is 0 Å². The number of rotatable bonds is 1. The van der Waals surface area contributed by atoms with Crippen molar-refractivity contribution in [2.45, 2.75) is 44.1 Å². The molecule has 1 saturated carbocycles. The molecule has 0 atom stereocenters. The van der Waals surface area contributed by atoms with Gasteiger partial charge in [0.25, 0.3) is 0 Å². The summed E-state index contributed by atoms with van der Waals surface area (Å²) in [5.74, 6) is 0. The zero-order valence-corrected chi connectivity index (χ0v) is 9.15. The van der Waals surface area contributed by atoms with Crippen LogP contribution in [-0.4, -0.2) is 15.6 Å². The zero-order chi connectivity index (χ0) is 10.0. The highest BCUT2D eigenvalue weighted by Gasteiger charge is 2.34. The average Bonchev–Trinajstić information content (AvgIpc) is 2.19. The lowest BCUT2D eigenvalue weighted by Crippen LogP contribution is -2.36. The van der Waals surface area contributed by atoms with Crippen molar-refractivity contribution >= 4 is 17.1 Å². The van der Waals surface area contributed by atoms with Crippen molar-refractivity contribution in [2.24, 2.45) is 0 Å². The molecule has 0 heterocycles. The van der Waals surface area contributed by atoms with E-state index >= 15 is 0 Å². The summed E-state index contributed by atoms with van der Waals surface area (Å²) in [5.41, 5.74) is 0.398. The molecule has 1 fully saturated rings. The van der Waals surface area contributed by atoms with Crippen LogP contribution in [0.3, 0.4) is 0 Å². The van der Waals surface area contributed by atoms with Gasteiger partial charge in [-0.3, -0.25) is 0 Å². The summed E-state index contributed by atoms with van der Waals surface area (Å²) in [4.78, 5) is 0.928. The maximum atomic E-state index is 10.5. The third kappa shape index (κ3) is 1.82. The Bertz CT molecular complexity index is 295. The van der Waals surface area contributed by atoms with Crippen molar-refractivity contribution in [1.29, 1.82) is 0 Å². The van der Waals surface area contributed by atoms with E-state index in [2.05, 4.69) is 6.08 Å². The summed E-state index contributed by atoms with van der Waals surface area (Å²) < 4.78 is 0. The standard InChI is InChI=1S/C12H16OS/c13-12(8-4-1-5-9-12)10-6-2-3-7-11(10)14/h2-3,6,13H,1,4-5,7-9H2. The monoisotopic (exact) mass is 208 g/mol. The van der Waals surface area contributed by atoms with Gasteiger partial charge >= 0.3 is 0 Å². The van der Waals surface area contributed by atoms with Gasteiger partial charge in [-0.2, -0.15) is 0 Å². The van der Waals surface area contributed by atoms with Crippen LogP contribution in [0.5, 0.6) is 0 Å². The first-order chi connectivity index (χ1) is 6.72. The molecule has 0 saturated heterocycles. The van der Waals surface area contributed by atoms with Gasteiger partial charge in [-0.05, 0) is 18.4 Å². The Kier molecular flexibility index (Phi) is 2.84. The second kappa shape index (κ2) is 3.95. The quantitative estimate of drug-likeness (QED) is 0.669. The number of thiocarbonyl (C=S) groups is 1. The molecule has 2 rings (SSSR count). The molecular formula is C12H16OS. The van der Waals surface area contributed by atoms with Gasteiger partial charge < -0.3 is 5.11 Å². The van der Waals surface area contributed by atoms with E-state index in [1.807, 2.05) is 12.2 Å². The fourth-order valence-corrected chi connectivity index (χ4v) is 2.72. The molecule has 0 spiro atoms. The molecular weight excluding hydrogens is 192 g/mol. The Balaban J connectivity index is 2.23. The van der Waals surface area contributed by atoms with E-state index in [0.29, 0.717) is 0 Å². The Morgan fingerprint density at radius 3 is 2.57 bits per heavy atom. The van der Waals surface area contributed by atoms with Gasteiger partial charge in [-0.25, -0.2) is 0 Å². The van der Waals surface area contributed by atoms with E-state index in [9.17, 15) is 5.11 Å². The Labute approximate surface area is 90.5 Å². The molecule has 0 aromatic rings. The van der Waals surface area contributed by atoms with Gasteiger partial charge in [0.15, 0.2) is 0 Å². The molecule has 0 aliphatic heterocycles. The third-order valence-electron chi connectivity index (χ3n) is 3.18.